The van der Waals surface area contributed by atoms with Gasteiger partial charge in [-0.1, -0.05) is 6.07 Å². The molecule has 17 heavy (non-hydrogen) atoms. The van der Waals surface area contributed by atoms with E-state index in [1.54, 1.807) is 18.4 Å². The molecule has 1 unspecified atom stereocenters. The highest BCUT2D eigenvalue weighted by atomic mass is 32.2. The Hall–Kier alpha value is -0.470. The van der Waals surface area contributed by atoms with Gasteiger partial charge in [-0.3, -0.25) is 0 Å². The van der Waals surface area contributed by atoms with Crippen molar-refractivity contribution in [3.05, 3.63) is 17.5 Å². The van der Waals surface area contributed by atoms with E-state index in [1.807, 2.05) is 0 Å². The van der Waals surface area contributed by atoms with Crippen molar-refractivity contribution < 1.29 is 18.3 Å². The molecule has 0 bridgehead atoms. The van der Waals surface area contributed by atoms with E-state index in [9.17, 15) is 13.5 Å². The lowest BCUT2D eigenvalue weighted by Crippen LogP contribution is -2.41. The first kappa shape index (κ1) is 14.6. The highest BCUT2D eigenvalue weighted by Gasteiger charge is 2.24. The first-order valence-electron chi connectivity index (χ1n) is 5.12. The van der Waals surface area contributed by atoms with E-state index in [0.29, 0.717) is 13.0 Å². The summed E-state index contributed by atoms with van der Waals surface area (Å²) in [6, 6.07) is 3.19. The SMILES string of the molecule is COCCC(C)(O)CNS(=O)(=O)c1cccs1. The molecule has 0 amide bonds. The van der Waals surface area contributed by atoms with Crippen molar-refractivity contribution in [3.8, 4) is 0 Å². The van der Waals surface area contributed by atoms with Crippen LogP contribution in [0.4, 0.5) is 0 Å². The van der Waals surface area contributed by atoms with Crippen LogP contribution in [0.15, 0.2) is 21.7 Å². The van der Waals surface area contributed by atoms with E-state index < -0.39 is 15.6 Å². The maximum Gasteiger partial charge on any atom is 0.250 e. The number of thiophene rings is 1. The van der Waals surface area contributed by atoms with E-state index in [-0.39, 0.29) is 10.8 Å². The largest absolute Gasteiger partial charge is 0.389 e. The van der Waals surface area contributed by atoms with Gasteiger partial charge in [0.2, 0.25) is 10.0 Å². The summed E-state index contributed by atoms with van der Waals surface area (Å²) in [5, 5.41) is 11.6. The van der Waals surface area contributed by atoms with Gasteiger partial charge in [0.05, 0.1) is 5.60 Å². The average Bonchev–Trinajstić information content (AvgIpc) is 2.78. The van der Waals surface area contributed by atoms with E-state index in [1.165, 1.54) is 13.2 Å². The minimum atomic E-state index is -3.51. The first-order chi connectivity index (χ1) is 7.87. The van der Waals surface area contributed by atoms with E-state index in [0.717, 1.165) is 11.3 Å². The second kappa shape index (κ2) is 5.92. The van der Waals surface area contributed by atoms with Gasteiger partial charge >= 0.3 is 0 Å². The molecular weight excluding hydrogens is 262 g/mol. The minimum absolute atomic E-state index is 0.0312. The van der Waals surface area contributed by atoms with E-state index in [4.69, 9.17) is 4.74 Å². The van der Waals surface area contributed by atoms with Gasteiger partial charge in [-0.05, 0) is 18.4 Å². The predicted octanol–water partition coefficient (Wildman–Crippen LogP) is 0.814. The summed E-state index contributed by atoms with van der Waals surface area (Å²) in [4.78, 5) is 0. The van der Waals surface area contributed by atoms with Crippen LogP contribution in [-0.2, 0) is 14.8 Å². The van der Waals surface area contributed by atoms with Crippen molar-refractivity contribution in [2.75, 3.05) is 20.3 Å². The molecule has 0 aromatic carbocycles. The molecule has 7 heteroatoms. The van der Waals surface area contributed by atoms with Gasteiger partial charge in [0, 0.05) is 26.7 Å². The Balaban J connectivity index is 2.56. The Bertz CT molecular complexity index is 425. The van der Waals surface area contributed by atoms with Crippen molar-refractivity contribution in [1.29, 1.82) is 0 Å². The van der Waals surface area contributed by atoms with Gasteiger partial charge in [-0.15, -0.1) is 11.3 Å². The van der Waals surface area contributed by atoms with Crippen LogP contribution in [0, 0.1) is 0 Å². The van der Waals surface area contributed by atoms with Crippen LogP contribution in [-0.4, -0.2) is 39.4 Å². The van der Waals surface area contributed by atoms with Gasteiger partial charge < -0.3 is 9.84 Å². The van der Waals surface area contributed by atoms with Crippen molar-refractivity contribution in [3.63, 3.8) is 0 Å². The van der Waals surface area contributed by atoms with Crippen LogP contribution in [0.3, 0.4) is 0 Å². The lowest BCUT2D eigenvalue weighted by molar-refractivity contribution is 0.0292. The fourth-order valence-corrected chi connectivity index (χ4v) is 3.35. The maximum atomic E-state index is 11.8. The summed E-state index contributed by atoms with van der Waals surface area (Å²) in [7, 11) is -1.97. The number of aliphatic hydroxyl groups is 1. The van der Waals surface area contributed by atoms with Crippen LogP contribution in [0.5, 0.6) is 0 Å². The zero-order chi connectivity index (χ0) is 12.9. The Kier molecular flexibility index (Phi) is 5.08. The van der Waals surface area contributed by atoms with Crippen LogP contribution in [0.2, 0.25) is 0 Å². The fraction of sp³-hybridized carbons (Fsp3) is 0.600. The topological polar surface area (TPSA) is 75.6 Å². The van der Waals surface area contributed by atoms with E-state index >= 15 is 0 Å². The third-order valence-corrected chi connectivity index (χ3v) is 5.05. The molecule has 1 aromatic rings. The zero-order valence-electron chi connectivity index (χ0n) is 9.84. The molecule has 98 valence electrons. The van der Waals surface area contributed by atoms with Gasteiger partial charge in [0.15, 0.2) is 0 Å². The lowest BCUT2D eigenvalue weighted by Gasteiger charge is -2.22. The monoisotopic (exact) mass is 279 g/mol. The summed E-state index contributed by atoms with van der Waals surface area (Å²) in [5.41, 5.74) is -1.11. The van der Waals surface area contributed by atoms with Gasteiger partial charge in [-0.2, -0.15) is 0 Å². The Morgan fingerprint density at radius 2 is 2.29 bits per heavy atom. The van der Waals surface area contributed by atoms with Crippen LogP contribution < -0.4 is 4.72 Å². The normalized spacial score (nSPS) is 15.7. The highest BCUT2D eigenvalue weighted by molar-refractivity contribution is 7.91. The van der Waals surface area contributed by atoms with Crippen molar-refractivity contribution in [1.82, 2.24) is 4.72 Å². The lowest BCUT2D eigenvalue weighted by atomic mass is 10.0. The summed E-state index contributed by atoms with van der Waals surface area (Å²) in [5.74, 6) is 0. The van der Waals surface area contributed by atoms with Crippen molar-refractivity contribution >= 4 is 21.4 Å². The van der Waals surface area contributed by atoms with E-state index in [2.05, 4.69) is 4.72 Å². The summed E-state index contributed by atoms with van der Waals surface area (Å²) in [6.07, 6.45) is 0.371. The molecule has 0 aliphatic rings. The molecule has 1 rings (SSSR count). The van der Waals surface area contributed by atoms with Crippen molar-refractivity contribution in [2.24, 2.45) is 0 Å². The van der Waals surface area contributed by atoms with Gasteiger partial charge in [-0.25, -0.2) is 13.1 Å². The molecule has 0 saturated carbocycles. The Labute approximate surface area is 105 Å². The maximum absolute atomic E-state index is 11.8. The molecular formula is C10H17NO4S2. The number of methoxy groups -OCH3 is 1. The fourth-order valence-electron chi connectivity index (χ4n) is 1.15. The van der Waals surface area contributed by atoms with Crippen molar-refractivity contribution in [2.45, 2.75) is 23.2 Å². The molecule has 5 nitrogen and oxygen atoms in total. The van der Waals surface area contributed by atoms with Crippen LogP contribution in [0.25, 0.3) is 0 Å². The molecule has 0 aliphatic heterocycles. The summed E-state index contributed by atoms with van der Waals surface area (Å²) < 4.78 is 31.0. The third-order valence-electron chi connectivity index (χ3n) is 2.25. The molecule has 1 atom stereocenters. The Morgan fingerprint density at radius 3 is 2.82 bits per heavy atom. The van der Waals surface area contributed by atoms with Gasteiger partial charge in [0.1, 0.15) is 4.21 Å². The highest BCUT2D eigenvalue weighted by Crippen LogP contribution is 2.16. The van der Waals surface area contributed by atoms with Crippen LogP contribution in [0.1, 0.15) is 13.3 Å². The predicted molar refractivity (Wildman–Crippen MR) is 66.6 cm³/mol. The summed E-state index contributed by atoms with van der Waals surface area (Å²) >= 11 is 1.14. The molecule has 0 saturated heterocycles. The summed E-state index contributed by atoms with van der Waals surface area (Å²) in [6.45, 7) is 1.92. The number of nitrogens with one attached hydrogen (secondary N) is 1. The van der Waals surface area contributed by atoms with Crippen LogP contribution >= 0.6 is 11.3 Å². The number of hydrogen-bond donors (Lipinski definition) is 2. The molecule has 0 spiro atoms. The molecule has 1 aromatic heterocycles. The smallest absolute Gasteiger partial charge is 0.250 e. The molecule has 0 radical (unpaired) electrons. The molecule has 2 N–H and O–H groups in total. The number of rotatable bonds is 7. The molecule has 0 aliphatic carbocycles. The quantitative estimate of drug-likeness (QED) is 0.774. The zero-order valence-corrected chi connectivity index (χ0v) is 11.5. The van der Waals surface area contributed by atoms with Gasteiger partial charge in [0.25, 0.3) is 0 Å². The number of hydrogen-bond acceptors (Lipinski definition) is 5. The third kappa shape index (κ3) is 4.72. The standard InChI is InChI=1S/C10H17NO4S2/c1-10(12,5-6-15-2)8-11-17(13,14)9-4-3-7-16-9/h3-4,7,11-12H,5-6,8H2,1-2H3. The second-order valence-electron chi connectivity index (χ2n) is 4.00. The minimum Gasteiger partial charge on any atom is -0.389 e. The number of ether oxygens (including phenoxy) is 1. The first-order valence-corrected chi connectivity index (χ1v) is 7.48. The number of sulfonamides is 1. The Morgan fingerprint density at radius 1 is 1.59 bits per heavy atom. The second-order valence-corrected chi connectivity index (χ2v) is 6.94. The molecule has 0 fully saturated rings. The average molecular weight is 279 g/mol. The molecule has 1 heterocycles.